The predicted octanol–water partition coefficient (Wildman–Crippen LogP) is 3.80. The molecule has 0 fully saturated rings. The van der Waals surface area contributed by atoms with Gasteiger partial charge in [0.15, 0.2) is 17.3 Å². The molecule has 1 amide bonds. The van der Waals surface area contributed by atoms with Crippen LogP contribution in [0.1, 0.15) is 21.5 Å². The Morgan fingerprint density at radius 3 is 2.33 bits per heavy atom. The quantitative estimate of drug-likeness (QED) is 0.505. The normalized spacial score (nSPS) is 19.7. The smallest absolute Gasteiger partial charge is 0.277 e. The van der Waals surface area contributed by atoms with Crippen LogP contribution in [-0.4, -0.2) is 45.8 Å². The zero-order valence-electron chi connectivity index (χ0n) is 20.2. The van der Waals surface area contributed by atoms with Crippen molar-refractivity contribution in [1.29, 1.82) is 0 Å². The first-order valence-corrected chi connectivity index (χ1v) is 11.1. The molecule has 2 atom stereocenters. The minimum Gasteiger partial charge on any atom is -0.497 e. The standard InChI is InChI=1S/C27H24N2O7/c1-32-16-10-12-20(33-2)17(14-16)24-23(25(30)15-9-11-21(34-3)22(13-15)35-4)27(36-29-24)18-7-5-6-8-19(18)28-26(27)31/h5-14,23H,1-4H3,(H,28,31). The van der Waals surface area contributed by atoms with Crippen LogP contribution in [0, 0.1) is 5.92 Å². The maximum absolute atomic E-state index is 14.3. The maximum Gasteiger partial charge on any atom is 0.277 e. The molecule has 3 aromatic carbocycles. The number of nitrogens with one attached hydrogen (secondary N) is 1. The van der Waals surface area contributed by atoms with Crippen LogP contribution in [0.3, 0.4) is 0 Å². The molecule has 9 heteroatoms. The molecule has 36 heavy (non-hydrogen) atoms. The van der Waals surface area contributed by atoms with E-state index in [4.69, 9.17) is 23.8 Å². The average molecular weight is 488 g/mol. The third-order valence-electron chi connectivity index (χ3n) is 6.49. The largest absolute Gasteiger partial charge is 0.497 e. The number of para-hydroxylation sites is 1. The van der Waals surface area contributed by atoms with E-state index in [0.717, 1.165) is 0 Å². The minimum atomic E-state index is -1.70. The number of Topliss-reactive ketones (excluding diaryl/α,β-unsaturated/α-hetero) is 1. The van der Waals surface area contributed by atoms with Crippen LogP contribution >= 0.6 is 0 Å². The third-order valence-corrected chi connectivity index (χ3v) is 6.49. The molecule has 184 valence electrons. The highest BCUT2D eigenvalue weighted by Gasteiger charge is 2.63. The van der Waals surface area contributed by atoms with E-state index in [-0.39, 0.29) is 11.5 Å². The first kappa shape index (κ1) is 23.2. The Kier molecular flexibility index (Phi) is 5.75. The number of oxime groups is 1. The summed E-state index contributed by atoms with van der Waals surface area (Å²) in [5.41, 5.74) is 0.400. The van der Waals surface area contributed by atoms with E-state index >= 15 is 0 Å². The first-order chi connectivity index (χ1) is 17.5. The highest BCUT2D eigenvalue weighted by Crippen LogP contribution is 2.50. The fourth-order valence-electron chi connectivity index (χ4n) is 4.73. The van der Waals surface area contributed by atoms with Gasteiger partial charge in [-0.1, -0.05) is 23.4 Å². The molecule has 2 unspecified atom stereocenters. The van der Waals surface area contributed by atoms with Crippen LogP contribution in [0.4, 0.5) is 5.69 Å². The predicted molar refractivity (Wildman–Crippen MR) is 131 cm³/mol. The molecule has 2 aliphatic rings. The number of methoxy groups -OCH3 is 4. The van der Waals surface area contributed by atoms with E-state index in [1.807, 2.05) is 0 Å². The first-order valence-electron chi connectivity index (χ1n) is 11.1. The molecule has 2 aliphatic heterocycles. The summed E-state index contributed by atoms with van der Waals surface area (Å²) in [6, 6.07) is 17.1. The van der Waals surface area contributed by atoms with Crippen molar-refractivity contribution in [2.24, 2.45) is 11.1 Å². The molecule has 3 aromatic rings. The van der Waals surface area contributed by atoms with Gasteiger partial charge >= 0.3 is 0 Å². The van der Waals surface area contributed by atoms with Crippen LogP contribution in [0.15, 0.2) is 65.8 Å². The zero-order chi connectivity index (χ0) is 25.4. The zero-order valence-corrected chi connectivity index (χ0v) is 20.2. The number of hydrogen-bond acceptors (Lipinski definition) is 8. The Balaban J connectivity index is 1.72. The molecular weight excluding hydrogens is 464 g/mol. The number of fused-ring (bicyclic) bond motifs is 2. The number of hydrogen-bond donors (Lipinski definition) is 1. The molecule has 0 aliphatic carbocycles. The van der Waals surface area contributed by atoms with Crippen LogP contribution in [-0.2, 0) is 15.2 Å². The Labute approximate surface area is 207 Å². The number of benzene rings is 3. The number of ether oxygens (including phenoxy) is 4. The number of carbonyl (C=O) groups excluding carboxylic acids is 2. The van der Waals surface area contributed by atoms with Gasteiger partial charge in [-0.15, -0.1) is 0 Å². The van der Waals surface area contributed by atoms with E-state index in [1.54, 1.807) is 60.7 Å². The van der Waals surface area contributed by atoms with E-state index in [0.29, 0.717) is 45.4 Å². The Morgan fingerprint density at radius 1 is 0.889 bits per heavy atom. The molecule has 0 saturated carbocycles. The van der Waals surface area contributed by atoms with Crippen LogP contribution in [0.25, 0.3) is 0 Å². The molecule has 1 N–H and O–H groups in total. The lowest BCUT2D eigenvalue weighted by atomic mass is 9.74. The van der Waals surface area contributed by atoms with Crippen molar-refractivity contribution in [2.75, 3.05) is 33.8 Å². The van der Waals surface area contributed by atoms with Crippen LogP contribution in [0.5, 0.6) is 23.0 Å². The fourth-order valence-corrected chi connectivity index (χ4v) is 4.73. The van der Waals surface area contributed by atoms with Crippen molar-refractivity contribution in [1.82, 2.24) is 0 Å². The Bertz CT molecular complexity index is 1400. The van der Waals surface area contributed by atoms with E-state index in [1.165, 1.54) is 28.4 Å². The van der Waals surface area contributed by atoms with Gasteiger partial charge in [0.25, 0.3) is 11.5 Å². The molecule has 5 rings (SSSR count). The molecule has 0 saturated heterocycles. The summed E-state index contributed by atoms with van der Waals surface area (Å²) in [6.45, 7) is 0. The monoisotopic (exact) mass is 488 g/mol. The van der Waals surface area contributed by atoms with Gasteiger partial charge in [-0.25, -0.2) is 0 Å². The van der Waals surface area contributed by atoms with E-state index < -0.39 is 17.4 Å². The highest BCUT2D eigenvalue weighted by molar-refractivity contribution is 6.25. The molecule has 1 spiro atoms. The lowest BCUT2D eigenvalue weighted by molar-refractivity contribution is -0.140. The number of carbonyl (C=O) groups is 2. The van der Waals surface area contributed by atoms with Crippen molar-refractivity contribution in [3.63, 3.8) is 0 Å². The molecule has 0 bridgehead atoms. The fraction of sp³-hybridized carbons (Fsp3) is 0.222. The van der Waals surface area contributed by atoms with Crippen molar-refractivity contribution in [3.05, 3.63) is 77.4 Å². The van der Waals surface area contributed by atoms with Crippen molar-refractivity contribution < 1.29 is 33.4 Å². The summed E-state index contributed by atoms with van der Waals surface area (Å²) in [5.74, 6) is -0.175. The minimum absolute atomic E-state index is 0.248. The lowest BCUT2D eigenvalue weighted by Crippen LogP contribution is -2.46. The van der Waals surface area contributed by atoms with Gasteiger partial charge < -0.3 is 29.1 Å². The van der Waals surface area contributed by atoms with Gasteiger partial charge in [-0.3, -0.25) is 9.59 Å². The summed E-state index contributed by atoms with van der Waals surface area (Å²) < 4.78 is 21.7. The van der Waals surface area contributed by atoms with Crippen molar-refractivity contribution in [2.45, 2.75) is 5.60 Å². The van der Waals surface area contributed by atoms with Gasteiger partial charge in [0, 0.05) is 22.4 Å². The van der Waals surface area contributed by atoms with Crippen molar-refractivity contribution >= 4 is 23.1 Å². The summed E-state index contributed by atoms with van der Waals surface area (Å²) in [6.07, 6.45) is 0. The van der Waals surface area contributed by atoms with Gasteiger partial charge in [-0.05, 0) is 42.5 Å². The SMILES string of the molecule is COc1ccc(OC)c(C2=NOC3(C(=O)Nc4ccccc43)C2C(=O)c2ccc(OC)c(OC)c2)c1. The summed E-state index contributed by atoms with van der Waals surface area (Å²) >= 11 is 0. The maximum atomic E-state index is 14.3. The topological polar surface area (TPSA) is 105 Å². The van der Waals surface area contributed by atoms with Gasteiger partial charge in [0.2, 0.25) is 0 Å². The van der Waals surface area contributed by atoms with Crippen molar-refractivity contribution in [3.8, 4) is 23.0 Å². The number of anilines is 1. The third kappa shape index (κ3) is 3.35. The van der Waals surface area contributed by atoms with E-state index in [9.17, 15) is 9.59 Å². The number of ketones is 1. The second-order valence-electron chi connectivity index (χ2n) is 8.24. The number of nitrogens with zero attached hydrogens (tertiary/aromatic N) is 1. The molecule has 0 aromatic heterocycles. The number of rotatable bonds is 7. The molecular formula is C27H24N2O7. The second kappa shape index (κ2) is 8.92. The summed E-state index contributed by atoms with van der Waals surface area (Å²) in [4.78, 5) is 33.7. The Hall–Kier alpha value is -4.53. The van der Waals surface area contributed by atoms with Crippen LogP contribution in [0.2, 0.25) is 0 Å². The molecule has 0 radical (unpaired) electrons. The van der Waals surface area contributed by atoms with Gasteiger partial charge in [0.05, 0.1) is 28.4 Å². The highest BCUT2D eigenvalue weighted by atomic mass is 16.7. The van der Waals surface area contributed by atoms with E-state index in [2.05, 4.69) is 10.5 Å². The van der Waals surface area contributed by atoms with Gasteiger partial charge in [-0.2, -0.15) is 0 Å². The second-order valence-corrected chi connectivity index (χ2v) is 8.24. The Morgan fingerprint density at radius 2 is 1.61 bits per heavy atom. The number of amides is 1. The van der Waals surface area contributed by atoms with Gasteiger partial charge in [0.1, 0.15) is 23.1 Å². The lowest BCUT2D eigenvalue weighted by Gasteiger charge is -2.27. The molecule has 9 nitrogen and oxygen atoms in total. The molecule has 2 heterocycles. The summed E-state index contributed by atoms with van der Waals surface area (Å²) in [7, 11) is 6.05. The average Bonchev–Trinajstić information content (AvgIpc) is 3.45. The summed E-state index contributed by atoms with van der Waals surface area (Å²) in [5, 5.41) is 7.16. The van der Waals surface area contributed by atoms with Crippen LogP contribution < -0.4 is 24.3 Å².